The van der Waals surface area contributed by atoms with Crippen molar-refractivity contribution in [3.63, 3.8) is 0 Å². The third-order valence-corrected chi connectivity index (χ3v) is 4.67. The first kappa shape index (κ1) is 15.4. The molecule has 20 heavy (non-hydrogen) atoms. The number of carbonyl (C=O) groups excluding carboxylic acids is 1. The zero-order valence-corrected chi connectivity index (χ0v) is 12.9. The van der Waals surface area contributed by atoms with Crippen molar-refractivity contribution < 1.29 is 4.79 Å². The number of nitrogens with one attached hydrogen (secondary N) is 2. The van der Waals surface area contributed by atoms with Crippen LogP contribution in [-0.4, -0.2) is 30.3 Å². The van der Waals surface area contributed by atoms with Crippen LogP contribution in [0.2, 0.25) is 0 Å². The minimum Gasteiger partial charge on any atom is -0.352 e. The molecule has 3 nitrogen and oxygen atoms in total. The average Bonchev–Trinajstić information content (AvgIpc) is 2.97. The summed E-state index contributed by atoms with van der Waals surface area (Å²) in [6.07, 6.45) is 4.78. The smallest absolute Gasteiger partial charge is 0.237 e. The van der Waals surface area contributed by atoms with Gasteiger partial charge in [-0.3, -0.25) is 4.79 Å². The van der Waals surface area contributed by atoms with E-state index in [9.17, 15) is 4.79 Å². The lowest BCUT2D eigenvalue weighted by Gasteiger charge is -2.17. The topological polar surface area (TPSA) is 41.1 Å². The van der Waals surface area contributed by atoms with Crippen LogP contribution in [0.1, 0.15) is 32.6 Å². The van der Waals surface area contributed by atoms with E-state index >= 15 is 0 Å². The van der Waals surface area contributed by atoms with Crippen molar-refractivity contribution in [2.24, 2.45) is 0 Å². The summed E-state index contributed by atoms with van der Waals surface area (Å²) in [4.78, 5) is 13.3. The molecule has 1 unspecified atom stereocenters. The van der Waals surface area contributed by atoms with Gasteiger partial charge in [-0.05, 0) is 31.9 Å². The number of rotatable bonds is 7. The van der Waals surface area contributed by atoms with Gasteiger partial charge in [0.05, 0.1) is 6.04 Å². The van der Waals surface area contributed by atoms with Crippen LogP contribution in [0.15, 0.2) is 35.2 Å². The van der Waals surface area contributed by atoms with Gasteiger partial charge >= 0.3 is 0 Å². The Kier molecular flexibility index (Phi) is 6.40. The van der Waals surface area contributed by atoms with Crippen LogP contribution in [0.5, 0.6) is 0 Å². The van der Waals surface area contributed by atoms with E-state index in [0.29, 0.717) is 6.04 Å². The highest BCUT2D eigenvalue weighted by molar-refractivity contribution is 7.99. The second kappa shape index (κ2) is 8.32. The van der Waals surface area contributed by atoms with E-state index in [1.165, 1.54) is 17.7 Å². The van der Waals surface area contributed by atoms with Gasteiger partial charge in [0.25, 0.3) is 0 Å². The highest BCUT2D eigenvalue weighted by Gasteiger charge is 2.19. The largest absolute Gasteiger partial charge is 0.352 e. The molecule has 0 radical (unpaired) electrons. The molecule has 0 spiro atoms. The lowest BCUT2D eigenvalue weighted by Crippen LogP contribution is -2.46. The van der Waals surface area contributed by atoms with Gasteiger partial charge in [-0.2, -0.15) is 0 Å². The minimum atomic E-state index is -0.105. The third-order valence-electron chi connectivity index (χ3n) is 3.66. The summed E-state index contributed by atoms with van der Waals surface area (Å²) in [7, 11) is 0. The fraction of sp³-hybridized carbons (Fsp3) is 0.562. The van der Waals surface area contributed by atoms with E-state index < -0.39 is 0 Å². The summed E-state index contributed by atoms with van der Waals surface area (Å²) in [5.41, 5.74) is 0. The van der Waals surface area contributed by atoms with E-state index in [1.54, 1.807) is 0 Å². The number of hydrogen-bond acceptors (Lipinski definition) is 3. The fourth-order valence-corrected chi connectivity index (χ4v) is 3.26. The van der Waals surface area contributed by atoms with Gasteiger partial charge in [0.1, 0.15) is 0 Å². The van der Waals surface area contributed by atoms with Gasteiger partial charge in [0.15, 0.2) is 0 Å². The van der Waals surface area contributed by atoms with Crippen LogP contribution in [0.4, 0.5) is 0 Å². The van der Waals surface area contributed by atoms with Gasteiger partial charge in [-0.25, -0.2) is 0 Å². The molecule has 1 fully saturated rings. The molecule has 110 valence electrons. The maximum absolute atomic E-state index is 12.0. The van der Waals surface area contributed by atoms with Crippen molar-refractivity contribution in [1.82, 2.24) is 10.6 Å². The molecule has 1 aliphatic carbocycles. The molecule has 1 aliphatic rings. The van der Waals surface area contributed by atoms with Crippen molar-refractivity contribution in [2.45, 2.75) is 49.6 Å². The first-order valence-electron chi connectivity index (χ1n) is 7.47. The maximum atomic E-state index is 12.0. The van der Waals surface area contributed by atoms with E-state index in [2.05, 4.69) is 22.8 Å². The second-order valence-corrected chi connectivity index (χ2v) is 6.50. The summed E-state index contributed by atoms with van der Waals surface area (Å²) < 4.78 is 0. The molecule has 0 saturated heterocycles. The molecule has 2 rings (SSSR count). The molecule has 1 saturated carbocycles. The molecule has 1 aromatic carbocycles. The molecule has 2 N–H and O–H groups in total. The summed E-state index contributed by atoms with van der Waals surface area (Å²) in [6.45, 7) is 2.79. The molecule has 1 atom stereocenters. The highest BCUT2D eigenvalue weighted by atomic mass is 32.2. The Morgan fingerprint density at radius 3 is 2.70 bits per heavy atom. The Labute approximate surface area is 125 Å². The highest BCUT2D eigenvalue weighted by Crippen LogP contribution is 2.18. The molecule has 0 heterocycles. The van der Waals surface area contributed by atoms with Gasteiger partial charge in [-0.15, -0.1) is 11.8 Å². The third kappa shape index (κ3) is 5.17. The quantitative estimate of drug-likeness (QED) is 0.600. The van der Waals surface area contributed by atoms with Crippen LogP contribution >= 0.6 is 11.8 Å². The summed E-state index contributed by atoms with van der Waals surface area (Å²) in [5.74, 6) is 1.12. The van der Waals surface area contributed by atoms with E-state index in [0.717, 1.165) is 25.1 Å². The molecular weight excluding hydrogens is 268 g/mol. The lowest BCUT2D eigenvalue weighted by atomic mass is 10.2. The Balaban J connectivity index is 1.59. The predicted octanol–water partition coefficient (Wildman–Crippen LogP) is 2.82. The van der Waals surface area contributed by atoms with Gasteiger partial charge < -0.3 is 10.6 Å². The average molecular weight is 292 g/mol. The summed E-state index contributed by atoms with van der Waals surface area (Å²) in [6, 6.07) is 10.7. The SMILES string of the molecule is CC(NCCSc1ccccc1)C(=O)NC1CCCC1. The van der Waals surface area contributed by atoms with Crippen LogP contribution in [0.25, 0.3) is 0 Å². The first-order chi connectivity index (χ1) is 9.75. The molecule has 0 bridgehead atoms. The zero-order chi connectivity index (χ0) is 14.2. The molecule has 1 aromatic rings. The van der Waals surface area contributed by atoms with Crippen molar-refractivity contribution in [3.05, 3.63) is 30.3 Å². The van der Waals surface area contributed by atoms with Crippen molar-refractivity contribution in [1.29, 1.82) is 0 Å². The molecular formula is C16H24N2OS. The molecule has 0 aromatic heterocycles. The normalized spacial score (nSPS) is 17.1. The number of amides is 1. The minimum absolute atomic E-state index is 0.105. The fourth-order valence-electron chi connectivity index (χ4n) is 2.45. The van der Waals surface area contributed by atoms with E-state index in [4.69, 9.17) is 0 Å². The molecule has 1 amide bonds. The Morgan fingerprint density at radius 1 is 1.30 bits per heavy atom. The Morgan fingerprint density at radius 2 is 2.00 bits per heavy atom. The second-order valence-electron chi connectivity index (χ2n) is 5.33. The maximum Gasteiger partial charge on any atom is 0.237 e. The van der Waals surface area contributed by atoms with Crippen LogP contribution in [-0.2, 0) is 4.79 Å². The number of benzene rings is 1. The lowest BCUT2D eigenvalue weighted by molar-refractivity contribution is -0.123. The Hall–Kier alpha value is -1.00. The van der Waals surface area contributed by atoms with Crippen LogP contribution < -0.4 is 10.6 Å². The van der Waals surface area contributed by atoms with Gasteiger partial charge in [0, 0.05) is 23.2 Å². The van der Waals surface area contributed by atoms with Crippen LogP contribution in [0, 0.1) is 0 Å². The standard InChI is InChI=1S/C16H24N2OS/c1-13(16(19)18-14-7-5-6-8-14)17-11-12-20-15-9-3-2-4-10-15/h2-4,9-10,13-14,17H,5-8,11-12H2,1H3,(H,18,19). The van der Waals surface area contributed by atoms with Gasteiger partial charge in [0.2, 0.25) is 5.91 Å². The van der Waals surface area contributed by atoms with Crippen molar-refractivity contribution >= 4 is 17.7 Å². The first-order valence-corrected chi connectivity index (χ1v) is 8.46. The van der Waals surface area contributed by atoms with E-state index in [1.807, 2.05) is 36.9 Å². The zero-order valence-electron chi connectivity index (χ0n) is 12.1. The number of carbonyl (C=O) groups is 1. The predicted molar refractivity (Wildman–Crippen MR) is 85.0 cm³/mol. The van der Waals surface area contributed by atoms with E-state index in [-0.39, 0.29) is 11.9 Å². The van der Waals surface area contributed by atoms with Gasteiger partial charge in [-0.1, -0.05) is 31.0 Å². The monoisotopic (exact) mass is 292 g/mol. The number of hydrogen-bond donors (Lipinski definition) is 2. The molecule has 0 aliphatic heterocycles. The Bertz CT molecular complexity index is 404. The van der Waals surface area contributed by atoms with Crippen molar-refractivity contribution in [3.8, 4) is 0 Å². The summed E-state index contributed by atoms with van der Waals surface area (Å²) in [5, 5.41) is 6.42. The van der Waals surface area contributed by atoms with Crippen LogP contribution in [0.3, 0.4) is 0 Å². The van der Waals surface area contributed by atoms with Crippen molar-refractivity contribution in [2.75, 3.05) is 12.3 Å². The number of thioether (sulfide) groups is 1. The summed E-state index contributed by atoms with van der Waals surface area (Å²) >= 11 is 1.81. The molecule has 4 heteroatoms.